The summed E-state index contributed by atoms with van der Waals surface area (Å²) in [4.78, 5) is 0. The number of halogens is 1. The molecule has 0 unspecified atom stereocenters. The van der Waals surface area contributed by atoms with Gasteiger partial charge in [0.15, 0.2) is 4.32 Å². The lowest BCUT2D eigenvalue weighted by atomic mass is 9.92. The number of alkyl halides is 1. The van der Waals surface area contributed by atoms with Gasteiger partial charge in [0.05, 0.1) is 6.07 Å². The number of benzene rings is 2. The second-order valence-corrected chi connectivity index (χ2v) is 4.69. The van der Waals surface area contributed by atoms with Gasteiger partial charge in [-0.3, -0.25) is 0 Å². The average molecular weight is 272 g/mol. The monoisotopic (exact) mass is 271 g/mol. The van der Waals surface area contributed by atoms with E-state index in [0.717, 1.165) is 11.1 Å². The molecule has 2 aromatic rings. The predicted octanol–water partition coefficient (Wildman–Crippen LogP) is 3.85. The van der Waals surface area contributed by atoms with Crippen molar-refractivity contribution in [1.29, 1.82) is 5.26 Å². The van der Waals surface area contributed by atoms with Gasteiger partial charge in [0.1, 0.15) is 0 Å². The van der Waals surface area contributed by atoms with Gasteiger partial charge in [-0.05, 0) is 11.1 Å². The Hall–Kier alpha value is -1.59. The van der Waals surface area contributed by atoms with Crippen molar-refractivity contribution in [3.63, 3.8) is 0 Å². The molecule has 0 aliphatic heterocycles. The Bertz CT molecular complexity index is 460. The highest BCUT2D eigenvalue weighted by molar-refractivity contribution is 9.10. The van der Waals surface area contributed by atoms with Crippen LogP contribution in [0.1, 0.15) is 11.1 Å². The van der Waals surface area contributed by atoms with Gasteiger partial charge in [0, 0.05) is 0 Å². The van der Waals surface area contributed by atoms with Gasteiger partial charge in [0.25, 0.3) is 0 Å². The standard InChI is InChI=1S/C14H10BrN/c15-14(11-16,12-7-3-1-4-8-12)13-9-5-2-6-10-13/h1-10H. The fourth-order valence-corrected chi connectivity index (χ4v) is 2.16. The van der Waals surface area contributed by atoms with E-state index in [9.17, 15) is 5.26 Å². The van der Waals surface area contributed by atoms with E-state index in [2.05, 4.69) is 22.0 Å². The largest absolute Gasteiger partial charge is 0.196 e. The van der Waals surface area contributed by atoms with Gasteiger partial charge in [-0.25, -0.2) is 0 Å². The van der Waals surface area contributed by atoms with Crippen LogP contribution in [0.2, 0.25) is 0 Å². The molecule has 78 valence electrons. The van der Waals surface area contributed by atoms with Crippen molar-refractivity contribution in [2.24, 2.45) is 0 Å². The lowest BCUT2D eigenvalue weighted by Crippen LogP contribution is -2.16. The van der Waals surface area contributed by atoms with E-state index >= 15 is 0 Å². The number of hydrogen-bond donors (Lipinski definition) is 0. The summed E-state index contributed by atoms with van der Waals surface area (Å²) in [5.41, 5.74) is 1.90. The molecule has 2 rings (SSSR count). The molecule has 2 aromatic carbocycles. The summed E-state index contributed by atoms with van der Waals surface area (Å²) in [7, 11) is 0. The minimum absolute atomic E-state index is 0.754. The molecule has 0 spiro atoms. The fraction of sp³-hybridized carbons (Fsp3) is 0.0714. The molecule has 0 amide bonds. The Balaban J connectivity index is 2.55. The molecule has 0 fully saturated rings. The second kappa shape index (κ2) is 4.51. The Labute approximate surface area is 103 Å². The number of nitriles is 1. The fourth-order valence-electron chi connectivity index (χ4n) is 1.63. The molecule has 0 N–H and O–H groups in total. The topological polar surface area (TPSA) is 23.8 Å². The maximum atomic E-state index is 9.40. The molecule has 0 radical (unpaired) electrons. The van der Waals surface area contributed by atoms with Crippen LogP contribution in [0.25, 0.3) is 0 Å². The van der Waals surface area contributed by atoms with Gasteiger partial charge in [-0.2, -0.15) is 5.26 Å². The molecule has 0 atom stereocenters. The summed E-state index contributed by atoms with van der Waals surface area (Å²) in [5, 5.41) is 9.40. The zero-order chi connectivity index (χ0) is 11.4. The van der Waals surface area contributed by atoms with Crippen LogP contribution in [-0.4, -0.2) is 0 Å². The molecular formula is C14H10BrN. The minimum atomic E-state index is -0.754. The van der Waals surface area contributed by atoms with E-state index in [1.807, 2.05) is 60.7 Å². The number of nitrogens with zero attached hydrogens (tertiary/aromatic N) is 1. The molecule has 0 saturated heterocycles. The van der Waals surface area contributed by atoms with Crippen LogP contribution in [0, 0.1) is 11.3 Å². The lowest BCUT2D eigenvalue weighted by Gasteiger charge is -2.20. The predicted molar refractivity (Wildman–Crippen MR) is 68.2 cm³/mol. The van der Waals surface area contributed by atoms with Crippen LogP contribution < -0.4 is 0 Å². The quantitative estimate of drug-likeness (QED) is 0.762. The van der Waals surface area contributed by atoms with E-state index in [0.29, 0.717) is 0 Å². The third kappa shape index (κ3) is 1.87. The van der Waals surface area contributed by atoms with Crippen molar-refractivity contribution in [3.8, 4) is 6.07 Å². The molecule has 0 saturated carbocycles. The van der Waals surface area contributed by atoms with Crippen LogP contribution in [0.15, 0.2) is 60.7 Å². The van der Waals surface area contributed by atoms with E-state index in [1.54, 1.807) is 0 Å². The molecule has 0 aromatic heterocycles. The van der Waals surface area contributed by atoms with Crippen LogP contribution in [-0.2, 0) is 4.32 Å². The number of rotatable bonds is 2. The Kier molecular flexibility index (Phi) is 3.07. The first-order chi connectivity index (χ1) is 7.77. The van der Waals surface area contributed by atoms with Crippen LogP contribution in [0.5, 0.6) is 0 Å². The number of hydrogen-bond acceptors (Lipinski definition) is 1. The maximum absolute atomic E-state index is 9.40. The zero-order valence-corrected chi connectivity index (χ0v) is 10.2. The summed E-state index contributed by atoms with van der Waals surface area (Å²) < 4.78 is -0.754. The second-order valence-electron chi connectivity index (χ2n) is 3.50. The first kappa shape index (κ1) is 10.9. The Morgan fingerprint density at radius 1 is 0.812 bits per heavy atom. The van der Waals surface area contributed by atoms with Gasteiger partial charge in [-0.1, -0.05) is 76.6 Å². The Morgan fingerprint density at radius 2 is 1.19 bits per heavy atom. The zero-order valence-electron chi connectivity index (χ0n) is 8.60. The molecular weight excluding hydrogens is 262 g/mol. The van der Waals surface area contributed by atoms with Crippen LogP contribution in [0.4, 0.5) is 0 Å². The first-order valence-electron chi connectivity index (χ1n) is 4.98. The molecule has 16 heavy (non-hydrogen) atoms. The molecule has 0 aliphatic carbocycles. The highest BCUT2D eigenvalue weighted by Crippen LogP contribution is 2.37. The SMILES string of the molecule is N#CC(Br)(c1ccccc1)c1ccccc1. The third-order valence-electron chi connectivity index (χ3n) is 2.50. The Morgan fingerprint density at radius 3 is 1.50 bits per heavy atom. The maximum Gasteiger partial charge on any atom is 0.162 e. The summed E-state index contributed by atoms with van der Waals surface area (Å²) >= 11 is 3.54. The van der Waals surface area contributed by atoms with E-state index in [-0.39, 0.29) is 0 Å². The summed E-state index contributed by atoms with van der Waals surface area (Å²) in [6.45, 7) is 0. The molecule has 2 heteroatoms. The van der Waals surface area contributed by atoms with Crippen molar-refractivity contribution < 1.29 is 0 Å². The highest BCUT2D eigenvalue weighted by atomic mass is 79.9. The molecule has 1 nitrogen and oxygen atoms in total. The summed E-state index contributed by atoms with van der Waals surface area (Å²) in [5.74, 6) is 0. The average Bonchev–Trinajstić information content (AvgIpc) is 2.40. The summed E-state index contributed by atoms with van der Waals surface area (Å²) in [6, 6.07) is 21.8. The molecule has 0 bridgehead atoms. The molecule has 0 aliphatic rings. The van der Waals surface area contributed by atoms with Gasteiger partial charge >= 0.3 is 0 Å². The van der Waals surface area contributed by atoms with Crippen molar-refractivity contribution in [2.75, 3.05) is 0 Å². The van der Waals surface area contributed by atoms with Crippen LogP contribution >= 0.6 is 15.9 Å². The summed E-state index contributed by atoms with van der Waals surface area (Å²) in [6.07, 6.45) is 0. The van der Waals surface area contributed by atoms with Gasteiger partial charge in [-0.15, -0.1) is 0 Å². The first-order valence-corrected chi connectivity index (χ1v) is 5.78. The van der Waals surface area contributed by atoms with Crippen molar-refractivity contribution in [3.05, 3.63) is 71.8 Å². The molecule has 0 heterocycles. The van der Waals surface area contributed by atoms with Gasteiger partial charge < -0.3 is 0 Å². The van der Waals surface area contributed by atoms with E-state index in [4.69, 9.17) is 0 Å². The normalized spacial score (nSPS) is 10.8. The van der Waals surface area contributed by atoms with Gasteiger partial charge in [0.2, 0.25) is 0 Å². The van der Waals surface area contributed by atoms with Crippen molar-refractivity contribution in [2.45, 2.75) is 4.32 Å². The smallest absolute Gasteiger partial charge is 0.162 e. The van der Waals surface area contributed by atoms with Crippen molar-refractivity contribution >= 4 is 15.9 Å². The highest BCUT2D eigenvalue weighted by Gasteiger charge is 2.30. The minimum Gasteiger partial charge on any atom is -0.196 e. The van der Waals surface area contributed by atoms with E-state index in [1.165, 1.54) is 0 Å². The third-order valence-corrected chi connectivity index (χ3v) is 3.59. The van der Waals surface area contributed by atoms with Crippen molar-refractivity contribution in [1.82, 2.24) is 0 Å². The van der Waals surface area contributed by atoms with E-state index < -0.39 is 4.32 Å². The lowest BCUT2D eigenvalue weighted by molar-refractivity contribution is 0.977. The van der Waals surface area contributed by atoms with Crippen LogP contribution in [0.3, 0.4) is 0 Å².